The molecule has 28 heavy (non-hydrogen) atoms. The molecule has 0 saturated heterocycles. The Morgan fingerprint density at radius 3 is 2.39 bits per heavy atom. The minimum atomic E-state index is -0.287. The zero-order valence-corrected chi connectivity index (χ0v) is 16.9. The highest BCUT2D eigenvalue weighted by molar-refractivity contribution is 9.10. The largest absolute Gasteiger partial charge is 0.456 e. The molecule has 0 N–H and O–H groups in total. The van der Waals surface area contributed by atoms with E-state index in [4.69, 9.17) is 4.42 Å². The van der Waals surface area contributed by atoms with E-state index in [-0.39, 0.29) is 5.82 Å². The van der Waals surface area contributed by atoms with Gasteiger partial charge in [0.1, 0.15) is 17.0 Å². The van der Waals surface area contributed by atoms with Gasteiger partial charge in [0.15, 0.2) is 0 Å². The number of fused-ring (bicyclic) bond motifs is 6. The molecule has 0 atom stereocenters. The van der Waals surface area contributed by atoms with Crippen LogP contribution in [0.25, 0.3) is 53.2 Å². The summed E-state index contributed by atoms with van der Waals surface area (Å²) in [4.78, 5) is 0. The van der Waals surface area contributed by atoms with Crippen molar-refractivity contribution in [3.05, 3.63) is 83.1 Å². The molecule has 2 heterocycles. The predicted molar refractivity (Wildman–Crippen MR) is 120 cm³/mol. The Morgan fingerprint density at radius 2 is 1.46 bits per heavy atom. The van der Waals surface area contributed by atoms with Crippen LogP contribution in [0, 0.1) is 5.82 Å². The van der Waals surface area contributed by atoms with Crippen molar-refractivity contribution in [3.63, 3.8) is 0 Å². The van der Waals surface area contributed by atoms with Gasteiger partial charge in [-0.15, -0.1) is 11.3 Å². The van der Waals surface area contributed by atoms with Crippen molar-refractivity contribution >= 4 is 69.4 Å². The van der Waals surface area contributed by atoms with Crippen LogP contribution >= 0.6 is 27.3 Å². The SMILES string of the molecule is Fc1ccc2oc3cccc(-c4cccc5c4sc4ccccc45)c3c2c1Br. The maximum Gasteiger partial charge on any atom is 0.138 e. The lowest BCUT2D eigenvalue weighted by Crippen LogP contribution is -1.82. The fraction of sp³-hybridized carbons (Fsp3) is 0. The van der Waals surface area contributed by atoms with Crippen LogP contribution in [0.2, 0.25) is 0 Å². The molecule has 6 aromatic rings. The summed E-state index contributed by atoms with van der Waals surface area (Å²) in [7, 11) is 0. The number of halogens is 2. The normalized spacial score (nSPS) is 11.9. The van der Waals surface area contributed by atoms with Crippen LogP contribution in [0.4, 0.5) is 4.39 Å². The summed E-state index contributed by atoms with van der Waals surface area (Å²) < 4.78 is 23.3. The predicted octanol–water partition coefficient (Wildman–Crippen LogP) is 8.52. The third-order valence-corrected chi connectivity index (χ3v) is 7.24. The van der Waals surface area contributed by atoms with Gasteiger partial charge in [0.25, 0.3) is 0 Å². The highest BCUT2D eigenvalue weighted by Crippen LogP contribution is 2.45. The van der Waals surface area contributed by atoms with E-state index in [0.717, 1.165) is 27.5 Å². The molecule has 1 nitrogen and oxygen atoms in total. The quantitative estimate of drug-likeness (QED) is 0.246. The van der Waals surface area contributed by atoms with E-state index in [0.29, 0.717) is 10.1 Å². The molecule has 6 rings (SSSR count). The van der Waals surface area contributed by atoms with Crippen LogP contribution in [-0.4, -0.2) is 0 Å². The van der Waals surface area contributed by atoms with Gasteiger partial charge in [-0.3, -0.25) is 0 Å². The summed E-state index contributed by atoms with van der Waals surface area (Å²) in [5.41, 5.74) is 3.64. The van der Waals surface area contributed by atoms with E-state index < -0.39 is 0 Å². The van der Waals surface area contributed by atoms with Gasteiger partial charge in [0.2, 0.25) is 0 Å². The van der Waals surface area contributed by atoms with E-state index in [1.54, 1.807) is 17.4 Å². The highest BCUT2D eigenvalue weighted by Gasteiger charge is 2.19. The van der Waals surface area contributed by atoms with Crippen molar-refractivity contribution in [1.29, 1.82) is 0 Å². The Kier molecular flexibility index (Phi) is 3.43. The molecular weight excluding hydrogens is 435 g/mol. The van der Waals surface area contributed by atoms with E-state index >= 15 is 0 Å². The van der Waals surface area contributed by atoms with Crippen LogP contribution in [0.5, 0.6) is 0 Å². The van der Waals surface area contributed by atoms with E-state index in [1.807, 2.05) is 12.1 Å². The third-order valence-electron chi connectivity index (χ3n) is 5.25. The van der Waals surface area contributed by atoms with Crippen molar-refractivity contribution in [3.8, 4) is 11.1 Å². The Bertz CT molecular complexity index is 1540. The molecule has 0 aliphatic rings. The lowest BCUT2D eigenvalue weighted by Gasteiger charge is -2.06. The van der Waals surface area contributed by atoms with Crippen LogP contribution in [0.1, 0.15) is 0 Å². The van der Waals surface area contributed by atoms with Crippen molar-refractivity contribution in [2.24, 2.45) is 0 Å². The zero-order valence-electron chi connectivity index (χ0n) is 14.5. The van der Waals surface area contributed by atoms with Gasteiger partial charge in [-0.1, -0.05) is 48.5 Å². The van der Waals surface area contributed by atoms with Crippen LogP contribution < -0.4 is 0 Å². The fourth-order valence-corrected chi connectivity index (χ4v) is 5.78. The molecule has 0 aliphatic carbocycles. The maximum atomic E-state index is 14.3. The first-order valence-corrected chi connectivity index (χ1v) is 10.5. The molecule has 4 heteroatoms. The van der Waals surface area contributed by atoms with Gasteiger partial charge in [-0.25, -0.2) is 4.39 Å². The van der Waals surface area contributed by atoms with Crippen LogP contribution in [0.3, 0.4) is 0 Å². The van der Waals surface area contributed by atoms with Crippen molar-refractivity contribution in [2.75, 3.05) is 0 Å². The molecule has 134 valence electrons. The third kappa shape index (κ3) is 2.16. The second-order valence-electron chi connectivity index (χ2n) is 6.80. The number of benzene rings is 4. The standard InChI is InChI=1S/C24H12BrFOS/c25-23-17(26)11-12-19-22(23)21-14(6-4-9-18(21)27-19)16-8-3-7-15-13-5-1-2-10-20(13)28-24(15)16/h1-12H. The van der Waals surface area contributed by atoms with Crippen molar-refractivity contribution in [2.45, 2.75) is 0 Å². The van der Waals surface area contributed by atoms with Gasteiger partial charge >= 0.3 is 0 Å². The molecule has 0 saturated carbocycles. The van der Waals surface area contributed by atoms with Gasteiger partial charge in [0.05, 0.1) is 4.47 Å². The smallest absolute Gasteiger partial charge is 0.138 e. The van der Waals surface area contributed by atoms with Gasteiger partial charge in [-0.05, 0) is 45.8 Å². The van der Waals surface area contributed by atoms with Gasteiger partial charge in [-0.2, -0.15) is 0 Å². The van der Waals surface area contributed by atoms with Crippen molar-refractivity contribution < 1.29 is 8.81 Å². The number of thiophene rings is 1. The molecule has 0 aliphatic heterocycles. The molecule has 0 radical (unpaired) electrons. The summed E-state index contributed by atoms with van der Waals surface area (Å²) in [5.74, 6) is -0.287. The lowest BCUT2D eigenvalue weighted by atomic mass is 9.98. The molecule has 0 spiro atoms. The Labute approximate surface area is 172 Å². The van der Waals surface area contributed by atoms with Gasteiger partial charge < -0.3 is 4.42 Å². The van der Waals surface area contributed by atoms with Gasteiger partial charge in [0, 0.05) is 36.5 Å². The van der Waals surface area contributed by atoms with E-state index in [1.165, 1.54) is 26.2 Å². The van der Waals surface area contributed by atoms with E-state index in [2.05, 4.69) is 64.5 Å². The first kappa shape index (κ1) is 16.3. The zero-order chi connectivity index (χ0) is 18.8. The maximum absolute atomic E-state index is 14.3. The number of rotatable bonds is 1. The molecular formula is C24H12BrFOS. The lowest BCUT2D eigenvalue weighted by molar-refractivity contribution is 0.620. The molecule has 2 aromatic heterocycles. The Hall–Kier alpha value is -2.69. The molecule has 0 unspecified atom stereocenters. The second kappa shape index (κ2) is 5.90. The van der Waals surface area contributed by atoms with E-state index in [9.17, 15) is 4.39 Å². The Balaban J connectivity index is 1.80. The fourth-order valence-electron chi connectivity index (χ4n) is 4.03. The second-order valence-corrected chi connectivity index (χ2v) is 8.64. The monoisotopic (exact) mass is 446 g/mol. The topological polar surface area (TPSA) is 13.1 Å². The highest BCUT2D eigenvalue weighted by atomic mass is 79.9. The number of hydrogen-bond donors (Lipinski definition) is 0. The molecule has 0 amide bonds. The number of hydrogen-bond acceptors (Lipinski definition) is 2. The average molecular weight is 447 g/mol. The molecule has 4 aromatic carbocycles. The minimum Gasteiger partial charge on any atom is -0.456 e. The summed E-state index contributed by atoms with van der Waals surface area (Å²) in [6.45, 7) is 0. The Morgan fingerprint density at radius 1 is 0.714 bits per heavy atom. The van der Waals surface area contributed by atoms with Crippen molar-refractivity contribution in [1.82, 2.24) is 0 Å². The van der Waals surface area contributed by atoms with Crippen LogP contribution in [-0.2, 0) is 0 Å². The van der Waals surface area contributed by atoms with Crippen LogP contribution in [0.15, 0.2) is 81.7 Å². The average Bonchev–Trinajstić information content (AvgIpc) is 3.29. The molecule has 0 fully saturated rings. The summed E-state index contributed by atoms with van der Waals surface area (Å²) in [5, 5.41) is 4.23. The summed E-state index contributed by atoms with van der Waals surface area (Å²) >= 11 is 5.22. The minimum absolute atomic E-state index is 0.287. The number of furan rings is 1. The molecule has 0 bridgehead atoms. The first-order chi connectivity index (χ1) is 13.7. The summed E-state index contributed by atoms with van der Waals surface area (Å²) in [6.07, 6.45) is 0. The first-order valence-electron chi connectivity index (χ1n) is 8.92. The summed E-state index contributed by atoms with van der Waals surface area (Å²) in [6, 6.07) is 24.0.